The number of benzene rings is 2. The smallest absolute Gasteiger partial charge is 0.224 e. The molecule has 3 rings (SSSR count). The number of rotatable bonds is 8. The molecule has 5 heteroatoms. The third-order valence-electron chi connectivity index (χ3n) is 5.14. The van der Waals surface area contributed by atoms with Crippen LogP contribution in [0.1, 0.15) is 30.4 Å². The van der Waals surface area contributed by atoms with Gasteiger partial charge in [0.05, 0.1) is 6.42 Å². The summed E-state index contributed by atoms with van der Waals surface area (Å²) in [6, 6.07) is 17.9. The van der Waals surface area contributed by atoms with Gasteiger partial charge in [0.2, 0.25) is 11.8 Å². The average Bonchev–Trinajstić information content (AvgIpc) is 3.23. The lowest BCUT2D eigenvalue weighted by molar-refractivity contribution is -0.130. The maximum Gasteiger partial charge on any atom is 0.224 e. The quantitative estimate of drug-likeness (QED) is 0.767. The van der Waals surface area contributed by atoms with Gasteiger partial charge < -0.3 is 15.1 Å². The van der Waals surface area contributed by atoms with Crippen LogP contribution in [0, 0.1) is 0 Å². The summed E-state index contributed by atoms with van der Waals surface area (Å²) in [6.07, 6.45) is 3.11. The van der Waals surface area contributed by atoms with E-state index in [9.17, 15) is 9.59 Å². The molecule has 148 valence electrons. The Morgan fingerprint density at radius 1 is 1.00 bits per heavy atom. The second-order valence-corrected chi connectivity index (χ2v) is 7.33. The predicted octanol–water partition coefficient (Wildman–Crippen LogP) is 2.99. The summed E-state index contributed by atoms with van der Waals surface area (Å²) in [5.74, 6) is -0.0164. The molecular weight excluding hydrogens is 350 g/mol. The third-order valence-corrected chi connectivity index (χ3v) is 5.14. The Balaban J connectivity index is 1.45. The molecule has 2 aromatic carbocycles. The molecule has 0 saturated carbocycles. The van der Waals surface area contributed by atoms with E-state index in [2.05, 4.69) is 28.4 Å². The normalized spacial score (nSPS) is 13.4. The van der Waals surface area contributed by atoms with E-state index in [0.29, 0.717) is 25.9 Å². The maximum atomic E-state index is 12.5. The second kappa shape index (κ2) is 9.93. The van der Waals surface area contributed by atoms with Crippen molar-refractivity contribution in [2.45, 2.75) is 32.2 Å². The van der Waals surface area contributed by atoms with Crippen LogP contribution in [-0.4, -0.2) is 43.4 Å². The number of nitrogens with zero attached hydrogens (tertiary/aromatic N) is 2. The largest absolute Gasteiger partial charge is 0.371 e. The minimum absolute atomic E-state index is 0.0382. The van der Waals surface area contributed by atoms with Crippen molar-refractivity contribution < 1.29 is 9.59 Å². The van der Waals surface area contributed by atoms with Gasteiger partial charge in [-0.05, 0) is 30.0 Å². The summed E-state index contributed by atoms with van der Waals surface area (Å²) in [7, 11) is 1.83. The summed E-state index contributed by atoms with van der Waals surface area (Å²) >= 11 is 0. The topological polar surface area (TPSA) is 52.6 Å². The standard InChI is InChI=1S/C23H29N3O2/c1-25(18-20-11-5-6-12-21(20)26-15-7-8-16-26)23(28)13-14-24-22(27)17-19-9-3-2-4-10-19/h2-6,9-12H,7-8,13-18H2,1H3,(H,24,27). The fraction of sp³-hybridized carbons (Fsp3) is 0.391. The number of carbonyl (C=O) groups excluding carboxylic acids is 2. The molecule has 1 aliphatic heterocycles. The van der Waals surface area contributed by atoms with Crippen molar-refractivity contribution in [3.8, 4) is 0 Å². The van der Waals surface area contributed by atoms with E-state index in [4.69, 9.17) is 0 Å². The van der Waals surface area contributed by atoms with Crippen molar-refractivity contribution in [1.82, 2.24) is 10.2 Å². The Hall–Kier alpha value is -2.82. The number of hydrogen-bond donors (Lipinski definition) is 1. The summed E-state index contributed by atoms with van der Waals surface area (Å²) < 4.78 is 0. The molecule has 2 amide bonds. The first kappa shape index (κ1) is 19.9. The van der Waals surface area contributed by atoms with E-state index >= 15 is 0 Å². The van der Waals surface area contributed by atoms with Crippen LogP contribution in [-0.2, 0) is 22.6 Å². The molecule has 0 aromatic heterocycles. The predicted molar refractivity (Wildman–Crippen MR) is 112 cm³/mol. The van der Waals surface area contributed by atoms with Crippen LogP contribution in [0.2, 0.25) is 0 Å². The van der Waals surface area contributed by atoms with E-state index in [1.165, 1.54) is 24.1 Å². The summed E-state index contributed by atoms with van der Waals surface area (Å²) in [6.45, 7) is 3.12. The van der Waals surface area contributed by atoms with Crippen LogP contribution in [0.25, 0.3) is 0 Å². The van der Waals surface area contributed by atoms with Gasteiger partial charge >= 0.3 is 0 Å². The van der Waals surface area contributed by atoms with Crippen LogP contribution in [0.5, 0.6) is 0 Å². The van der Waals surface area contributed by atoms with Gasteiger partial charge in [0.25, 0.3) is 0 Å². The Kier molecular flexibility index (Phi) is 7.06. The molecule has 0 atom stereocenters. The van der Waals surface area contributed by atoms with Gasteiger partial charge in [-0.25, -0.2) is 0 Å². The molecule has 0 unspecified atom stereocenters. The molecule has 2 aromatic rings. The fourth-order valence-corrected chi connectivity index (χ4v) is 3.60. The van der Waals surface area contributed by atoms with Gasteiger partial charge in [0, 0.05) is 45.3 Å². The molecule has 0 radical (unpaired) electrons. The monoisotopic (exact) mass is 379 g/mol. The number of para-hydroxylation sites is 1. The van der Waals surface area contributed by atoms with Gasteiger partial charge in [-0.15, -0.1) is 0 Å². The van der Waals surface area contributed by atoms with Crippen molar-refractivity contribution in [3.63, 3.8) is 0 Å². The number of nitrogens with one attached hydrogen (secondary N) is 1. The third kappa shape index (κ3) is 5.59. The van der Waals surface area contributed by atoms with Gasteiger partial charge in [-0.3, -0.25) is 9.59 Å². The van der Waals surface area contributed by atoms with Crippen LogP contribution < -0.4 is 10.2 Å². The van der Waals surface area contributed by atoms with Crippen molar-refractivity contribution in [3.05, 3.63) is 65.7 Å². The van der Waals surface area contributed by atoms with E-state index in [0.717, 1.165) is 18.7 Å². The minimum Gasteiger partial charge on any atom is -0.371 e. The van der Waals surface area contributed by atoms with Crippen molar-refractivity contribution in [2.75, 3.05) is 31.6 Å². The fourth-order valence-electron chi connectivity index (χ4n) is 3.60. The van der Waals surface area contributed by atoms with Gasteiger partial charge in [-0.1, -0.05) is 48.5 Å². The molecule has 28 heavy (non-hydrogen) atoms. The van der Waals surface area contributed by atoms with Crippen molar-refractivity contribution >= 4 is 17.5 Å². The Morgan fingerprint density at radius 2 is 1.68 bits per heavy atom. The molecular formula is C23H29N3O2. The zero-order valence-electron chi connectivity index (χ0n) is 16.6. The van der Waals surface area contributed by atoms with Crippen molar-refractivity contribution in [2.24, 2.45) is 0 Å². The Morgan fingerprint density at radius 3 is 2.43 bits per heavy atom. The van der Waals surface area contributed by atoms with Crippen molar-refractivity contribution in [1.29, 1.82) is 0 Å². The molecule has 5 nitrogen and oxygen atoms in total. The van der Waals surface area contributed by atoms with Crippen LogP contribution in [0.4, 0.5) is 5.69 Å². The molecule has 1 aliphatic rings. The molecule has 0 bridgehead atoms. The maximum absolute atomic E-state index is 12.5. The number of amides is 2. The first-order valence-electron chi connectivity index (χ1n) is 10.0. The number of anilines is 1. The minimum atomic E-state index is -0.0546. The summed E-state index contributed by atoms with van der Waals surface area (Å²) in [5, 5.41) is 2.84. The van der Waals surface area contributed by atoms with E-state index in [1.54, 1.807) is 4.90 Å². The lowest BCUT2D eigenvalue weighted by Crippen LogP contribution is -2.33. The van der Waals surface area contributed by atoms with Crippen LogP contribution in [0.15, 0.2) is 54.6 Å². The van der Waals surface area contributed by atoms with E-state index in [1.807, 2.05) is 43.4 Å². The van der Waals surface area contributed by atoms with E-state index in [-0.39, 0.29) is 11.8 Å². The first-order valence-corrected chi connectivity index (χ1v) is 10.0. The SMILES string of the molecule is CN(Cc1ccccc1N1CCCC1)C(=O)CCNC(=O)Cc1ccccc1. The van der Waals surface area contributed by atoms with E-state index < -0.39 is 0 Å². The highest BCUT2D eigenvalue weighted by Crippen LogP contribution is 2.25. The molecule has 1 heterocycles. The highest BCUT2D eigenvalue weighted by molar-refractivity contribution is 5.80. The van der Waals surface area contributed by atoms with Gasteiger partial charge in [0.15, 0.2) is 0 Å². The Bertz CT molecular complexity index is 785. The first-order chi connectivity index (χ1) is 13.6. The van der Waals surface area contributed by atoms with Gasteiger partial charge in [0.1, 0.15) is 0 Å². The van der Waals surface area contributed by atoms with Crippen LogP contribution in [0.3, 0.4) is 0 Å². The molecule has 1 N–H and O–H groups in total. The number of carbonyl (C=O) groups is 2. The lowest BCUT2D eigenvalue weighted by atomic mass is 10.1. The molecule has 0 spiro atoms. The highest BCUT2D eigenvalue weighted by atomic mass is 16.2. The number of hydrogen-bond acceptors (Lipinski definition) is 3. The summed E-state index contributed by atoms with van der Waals surface area (Å²) in [5.41, 5.74) is 3.38. The summed E-state index contributed by atoms with van der Waals surface area (Å²) in [4.78, 5) is 28.6. The van der Waals surface area contributed by atoms with Gasteiger partial charge in [-0.2, -0.15) is 0 Å². The molecule has 1 fully saturated rings. The molecule has 0 aliphatic carbocycles. The van der Waals surface area contributed by atoms with Crippen LogP contribution >= 0.6 is 0 Å². The zero-order valence-corrected chi connectivity index (χ0v) is 16.6. The second-order valence-electron chi connectivity index (χ2n) is 7.33. The average molecular weight is 380 g/mol. The lowest BCUT2D eigenvalue weighted by Gasteiger charge is -2.24. The highest BCUT2D eigenvalue weighted by Gasteiger charge is 2.17. The molecule has 1 saturated heterocycles. The Labute approximate surface area is 167 Å². The zero-order chi connectivity index (χ0) is 19.8.